The maximum atomic E-state index is 9.18. The molecule has 0 aliphatic carbocycles. The van der Waals surface area contributed by atoms with Crippen molar-refractivity contribution >= 4 is 11.0 Å². The van der Waals surface area contributed by atoms with Gasteiger partial charge in [-0.3, -0.25) is 0 Å². The lowest BCUT2D eigenvalue weighted by Crippen LogP contribution is -2.03. The van der Waals surface area contributed by atoms with Gasteiger partial charge in [-0.2, -0.15) is 0 Å². The van der Waals surface area contributed by atoms with Crippen LogP contribution in [0.3, 0.4) is 0 Å². The second-order valence-electron chi connectivity index (χ2n) is 5.22. The molecular weight excluding hydrogens is 292 g/mol. The smallest absolute Gasteiger partial charge is 0.161 e. The predicted molar refractivity (Wildman–Crippen MR) is 90.0 cm³/mol. The Bertz CT molecular complexity index is 811. The van der Waals surface area contributed by atoms with E-state index in [9.17, 15) is 5.11 Å². The van der Waals surface area contributed by atoms with Crippen LogP contribution in [0.1, 0.15) is 6.42 Å². The summed E-state index contributed by atoms with van der Waals surface area (Å²) in [5, 5.41) is 9.18. The van der Waals surface area contributed by atoms with Crippen molar-refractivity contribution < 1.29 is 14.6 Å². The fourth-order valence-corrected chi connectivity index (χ4v) is 2.73. The van der Waals surface area contributed by atoms with Gasteiger partial charge in [0.25, 0.3) is 0 Å². The van der Waals surface area contributed by atoms with Crippen LogP contribution in [0.2, 0.25) is 0 Å². The topological polar surface area (TPSA) is 56.5 Å². The van der Waals surface area contributed by atoms with Gasteiger partial charge in [0.15, 0.2) is 11.5 Å². The molecule has 0 aliphatic rings. The van der Waals surface area contributed by atoms with Crippen LogP contribution in [0.25, 0.3) is 22.4 Å². The van der Waals surface area contributed by atoms with Gasteiger partial charge in [0, 0.05) is 18.7 Å². The summed E-state index contributed by atoms with van der Waals surface area (Å²) in [5.74, 6) is 2.22. The third-order valence-electron chi connectivity index (χ3n) is 3.84. The molecule has 5 nitrogen and oxygen atoms in total. The number of fused-ring (bicyclic) bond motifs is 1. The zero-order chi connectivity index (χ0) is 16.2. The number of imidazole rings is 1. The molecule has 0 spiro atoms. The van der Waals surface area contributed by atoms with Crippen LogP contribution >= 0.6 is 0 Å². The molecule has 5 heteroatoms. The highest BCUT2D eigenvalue weighted by atomic mass is 16.5. The first-order valence-corrected chi connectivity index (χ1v) is 7.57. The first-order valence-electron chi connectivity index (χ1n) is 7.57. The highest BCUT2D eigenvalue weighted by molar-refractivity contribution is 5.81. The van der Waals surface area contributed by atoms with Gasteiger partial charge in [0.1, 0.15) is 5.82 Å². The molecule has 0 saturated heterocycles. The van der Waals surface area contributed by atoms with Crippen molar-refractivity contribution in [3.8, 4) is 22.9 Å². The molecule has 3 aromatic rings. The maximum absolute atomic E-state index is 9.18. The molecule has 0 radical (unpaired) electrons. The average molecular weight is 312 g/mol. The standard InChI is InChI=1S/C18H20N2O3/c1-22-16-9-8-13(12-17(16)23-2)18-19-14-6-3-4-7-15(14)20(18)10-5-11-21/h3-4,6-9,12,21H,5,10-11H2,1-2H3. The number of para-hydroxylation sites is 2. The quantitative estimate of drug-likeness (QED) is 0.760. The number of aliphatic hydroxyl groups excluding tert-OH is 1. The molecule has 0 bridgehead atoms. The van der Waals surface area contributed by atoms with Gasteiger partial charge in [0.05, 0.1) is 25.3 Å². The Balaban J connectivity index is 2.14. The van der Waals surface area contributed by atoms with Crippen LogP contribution in [-0.2, 0) is 6.54 Å². The molecule has 1 N–H and O–H groups in total. The van der Waals surface area contributed by atoms with Crippen molar-refractivity contribution in [2.75, 3.05) is 20.8 Å². The van der Waals surface area contributed by atoms with Crippen LogP contribution in [0, 0.1) is 0 Å². The summed E-state index contributed by atoms with van der Waals surface area (Å²) >= 11 is 0. The number of hydrogen-bond donors (Lipinski definition) is 1. The third kappa shape index (κ3) is 2.87. The van der Waals surface area contributed by atoms with E-state index >= 15 is 0 Å². The molecule has 1 heterocycles. The Morgan fingerprint density at radius 1 is 1.04 bits per heavy atom. The number of aliphatic hydroxyl groups is 1. The second kappa shape index (κ2) is 6.71. The van der Waals surface area contributed by atoms with E-state index in [2.05, 4.69) is 4.57 Å². The summed E-state index contributed by atoms with van der Waals surface area (Å²) in [7, 11) is 3.24. The van der Waals surface area contributed by atoms with Crippen molar-refractivity contribution in [1.29, 1.82) is 0 Å². The van der Waals surface area contributed by atoms with Gasteiger partial charge in [-0.05, 0) is 36.8 Å². The van der Waals surface area contributed by atoms with E-state index in [4.69, 9.17) is 14.5 Å². The molecule has 0 aliphatic heterocycles. The monoisotopic (exact) mass is 312 g/mol. The molecule has 120 valence electrons. The Morgan fingerprint density at radius 3 is 2.57 bits per heavy atom. The summed E-state index contributed by atoms with van der Waals surface area (Å²) in [5.41, 5.74) is 2.96. The molecule has 2 aromatic carbocycles. The van der Waals surface area contributed by atoms with Crippen molar-refractivity contribution in [2.45, 2.75) is 13.0 Å². The number of aryl methyl sites for hydroxylation is 1. The normalized spacial score (nSPS) is 10.9. The Morgan fingerprint density at radius 2 is 1.83 bits per heavy atom. The second-order valence-corrected chi connectivity index (χ2v) is 5.22. The number of benzene rings is 2. The first kappa shape index (κ1) is 15.4. The van der Waals surface area contributed by atoms with Gasteiger partial charge in [-0.25, -0.2) is 4.98 Å². The lowest BCUT2D eigenvalue weighted by molar-refractivity contribution is 0.281. The van der Waals surface area contributed by atoms with E-state index in [0.717, 1.165) is 22.4 Å². The van der Waals surface area contributed by atoms with E-state index in [1.807, 2.05) is 42.5 Å². The molecule has 0 amide bonds. The minimum atomic E-state index is 0.151. The van der Waals surface area contributed by atoms with Gasteiger partial charge in [0.2, 0.25) is 0 Å². The summed E-state index contributed by atoms with van der Waals surface area (Å²) < 4.78 is 12.8. The molecule has 23 heavy (non-hydrogen) atoms. The summed E-state index contributed by atoms with van der Waals surface area (Å²) in [6, 6.07) is 13.8. The zero-order valence-corrected chi connectivity index (χ0v) is 13.3. The van der Waals surface area contributed by atoms with Crippen molar-refractivity contribution in [3.05, 3.63) is 42.5 Å². The Labute approximate surface area is 135 Å². The summed E-state index contributed by atoms with van der Waals surface area (Å²) in [6.45, 7) is 0.860. The lowest BCUT2D eigenvalue weighted by Gasteiger charge is -2.11. The molecule has 1 aromatic heterocycles. The van der Waals surface area contributed by atoms with Gasteiger partial charge in [-0.15, -0.1) is 0 Å². The molecular formula is C18H20N2O3. The van der Waals surface area contributed by atoms with E-state index < -0.39 is 0 Å². The predicted octanol–water partition coefficient (Wildman–Crippen LogP) is 3.10. The van der Waals surface area contributed by atoms with Crippen molar-refractivity contribution in [2.24, 2.45) is 0 Å². The third-order valence-corrected chi connectivity index (χ3v) is 3.84. The molecule has 0 atom stereocenters. The molecule has 3 rings (SSSR count). The van der Waals surface area contributed by atoms with E-state index in [-0.39, 0.29) is 6.61 Å². The lowest BCUT2D eigenvalue weighted by atomic mass is 10.2. The number of hydrogen-bond acceptors (Lipinski definition) is 4. The van der Waals surface area contributed by atoms with Crippen LogP contribution in [-0.4, -0.2) is 35.5 Å². The van der Waals surface area contributed by atoms with Crippen molar-refractivity contribution in [1.82, 2.24) is 9.55 Å². The fraction of sp³-hybridized carbons (Fsp3) is 0.278. The number of nitrogens with zero attached hydrogens (tertiary/aromatic N) is 2. The Hall–Kier alpha value is -2.53. The molecule has 0 saturated carbocycles. The van der Waals surface area contributed by atoms with Crippen LogP contribution < -0.4 is 9.47 Å². The summed E-state index contributed by atoms with van der Waals surface area (Å²) in [4.78, 5) is 4.75. The minimum absolute atomic E-state index is 0.151. The highest BCUT2D eigenvalue weighted by Gasteiger charge is 2.14. The largest absolute Gasteiger partial charge is 0.493 e. The summed E-state index contributed by atoms with van der Waals surface area (Å²) in [6.07, 6.45) is 0.681. The fourth-order valence-electron chi connectivity index (χ4n) is 2.73. The highest BCUT2D eigenvalue weighted by Crippen LogP contribution is 2.33. The van der Waals surface area contributed by atoms with Gasteiger partial charge in [-0.1, -0.05) is 12.1 Å². The first-order chi connectivity index (χ1) is 11.3. The minimum Gasteiger partial charge on any atom is -0.493 e. The number of ether oxygens (including phenoxy) is 2. The van der Waals surface area contributed by atoms with E-state index in [1.165, 1.54) is 0 Å². The number of methoxy groups -OCH3 is 2. The van der Waals surface area contributed by atoms with Gasteiger partial charge >= 0.3 is 0 Å². The SMILES string of the molecule is COc1ccc(-c2nc3ccccc3n2CCCO)cc1OC. The van der Waals surface area contributed by atoms with Gasteiger partial charge < -0.3 is 19.1 Å². The van der Waals surface area contributed by atoms with Crippen LogP contribution in [0.5, 0.6) is 11.5 Å². The van der Waals surface area contributed by atoms with Crippen LogP contribution in [0.4, 0.5) is 0 Å². The average Bonchev–Trinajstić information content (AvgIpc) is 2.97. The zero-order valence-electron chi connectivity index (χ0n) is 13.3. The Kier molecular flexibility index (Phi) is 4.48. The van der Waals surface area contributed by atoms with Crippen LogP contribution in [0.15, 0.2) is 42.5 Å². The van der Waals surface area contributed by atoms with E-state index in [1.54, 1.807) is 14.2 Å². The number of rotatable bonds is 6. The maximum Gasteiger partial charge on any atom is 0.161 e. The molecule has 0 fully saturated rings. The van der Waals surface area contributed by atoms with Crippen molar-refractivity contribution in [3.63, 3.8) is 0 Å². The van der Waals surface area contributed by atoms with E-state index in [0.29, 0.717) is 24.5 Å². The molecule has 0 unspecified atom stereocenters. The number of aromatic nitrogens is 2.